The van der Waals surface area contributed by atoms with Crippen LogP contribution in [0.25, 0.3) is 0 Å². The zero-order valence-corrected chi connectivity index (χ0v) is 9.96. The van der Waals surface area contributed by atoms with Crippen molar-refractivity contribution in [3.8, 4) is 5.75 Å². The molecule has 0 amide bonds. The second kappa shape index (κ2) is 4.03. The van der Waals surface area contributed by atoms with E-state index in [0.29, 0.717) is 5.88 Å². The number of para-hydroxylation sites is 1. The summed E-state index contributed by atoms with van der Waals surface area (Å²) in [7, 11) is 0. The summed E-state index contributed by atoms with van der Waals surface area (Å²) in [5, 5.41) is 9.86. The van der Waals surface area contributed by atoms with E-state index in [1.54, 1.807) is 0 Å². The summed E-state index contributed by atoms with van der Waals surface area (Å²) in [6, 6.07) is 8.07. The number of hydrogen-bond donors (Lipinski definition) is 0. The fourth-order valence-electron chi connectivity index (χ4n) is 1.77. The predicted molar refractivity (Wildman–Crippen MR) is 63.0 cm³/mol. The molecule has 1 aromatic carbocycles. The topological polar surface area (TPSA) is 35.0 Å². The van der Waals surface area contributed by atoms with Gasteiger partial charge in [-0.2, -0.15) is 0 Å². The monoisotopic (exact) mass is 252 g/mol. The molecule has 2 heterocycles. The van der Waals surface area contributed by atoms with Crippen LogP contribution in [0, 0.1) is 0 Å². The van der Waals surface area contributed by atoms with Crippen LogP contribution in [-0.4, -0.2) is 10.2 Å². The SMILES string of the molecule is ClCc1nnc(C2Cc3ccccc3O2)s1. The van der Waals surface area contributed by atoms with Crippen molar-refractivity contribution in [2.75, 3.05) is 0 Å². The van der Waals surface area contributed by atoms with Crippen LogP contribution in [0.4, 0.5) is 0 Å². The molecule has 16 heavy (non-hydrogen) atoms. The van der Waals surface area contributed by atoms with Crippen molar-refractivity contribution in [1.82, 2.24) is 10.2 Å². The second-order valence-corrected chi connectivity index (χ2v) is 4.95. The van der Waals surface area contributed by atoms with Gasteiger partial charge in [-0.1, -0.05) is 29.5 Å². The Morgan fingerprint density at radius 2 is 2.25 bits per heavy atom. The van der Waals surface area contributed by atoms with Crippen molar-refractivity contribution in [3.63, 3.8) is 0 Å². The Hall–Kier alpha value is -1.13. The molecule has 1 aliphatic rings. The van der Waals surface area contributed by atoms with Gasteiger partial charge >= 0.3 is 0 Å². The molecule has 0 saturated carbocycles. The number of nitrogens with zero attached hydrogens (tertiary/aromatic N) is 2. The fourth-order valence-corrected chi connectivity index (χ4v) is 2.71. The number of halogens is 1. The predicted octanol–water partition coefficient (Wildman–Crippen LogP) is 2.95. The number of ether oxygens (including phenoxy) is 1. The lowest BCUT2D eigenvalue weighted by molar-refractivity contribution is 0.237. The first-order chi connectivity index (χ1) is 7.86. The third kappa shape index (κ3) is 1.68. The minimum Gasteiger partial charge on any atom is -0.483 e. The van der Waals surface area contributed by atoms with E-state index in [0.717, 1.165) is 22.2 Å². The van der Waals surface area contributed by atoms with Gasteiger partial charge in [-0.05, 0) is 11.6 Å². The lowest BCUT2D eigenvalue weighted by Crippen LogP contribution is -2.02. The van der Waals surface area contributed by atoms with E-state index in [1.165, 1.54) is 16.9 Å². The Labute approximate surface area is 102 Å². The van der Waals surface area contributed by atoms with Gasteiger partial charge in [-0.15, -0.1) is 21.8 Å². The van der Waals surface area contributed by atoms with Crippen LogP contribution >= 0.6 is 22.9 Å². The van der Waals surface area contributed by atoms with Crippen LogP contribution in [0.3, 0.4) is 0 Å². The molecule has 3 rings (SSSR count). The molecule has 1 atom stereocenters. The summed E-state index contributed by atoms with van der Waals surface area (Å²) in [6.07, 6.45) is 0.875. The van der Waals surface area contributed by atoms with Crippen LogP contribution < -0.4 is 4.74 Å². The molecule has 0 saturated heterocycles. The Bertz CT molecular complexity index is 489. The fraction of sp³-hybridized carbons (Fsp3) is 0.273. The first kappa shape index (κ1) is 10.1. The van der Waals surface area contributed by atoms with Crippen molar-refractivity contribution in [1.29, 1.82) is 0 Å². The number of benzene rings is 1. The maximum Gasteiger partial charge on any atom is 0.158 e. The van der Waals surface area contributed by atoms with E-state index in [4.69, 9.17) is 16.3 Å². The van der Waals surface area contributed by atoms with E-state index in [-0.39, 0.29) is 6.10 Å². The number of rotatable bonds is 2. The van der Waals surface area contributed by atoms with E-state index in [9.17, 15) is 0 Å². The molecular weight excluding hydrogens is 244 g/mol. The van der Waals surface area contributed by atoms with Crippen molar-refractivity contribution < 1.29 is 4.74 Å². The highest BCUT2D eigenvalue weighted by molar-refractivity contribution is 7.11. The lowest BCUT2D eigenvalue weighted by Gasteiger charge is -2.05. The molecule has 1 aliphatic heterocycles. The smallest absolute Gasteiger partial charge is 0.158 e. The zero-order chi connectivity index (χ0) is 11.0. The first-order valence-electron chi connectivity index (χ1n) is 4.99. The molecule has 82 valence electrons. The third-order valence-corrected chi connectivity index (χ3v) is 3.95. The Morgan fingerprint density at radius 3 is 3.00 bits per heavy atom. The minimum atomic E-state index is 0.00636. The van der Waals surface area contributed by atoms with Gasteiger partial charge in [0.1, 0.15) is 10.8 Å². The number of alkyl halides is 1. The normalized spacial score (nSPS) is 18.2. The zero-order valence-electron chi connectivity index (χ0n) is 8.39. The summed E-state index contributed by atoms with van der Waals surface area (Å²) >= 11 is 7.22. The van der Waals surface area contributed by atoms with Gasteiger partial charge in [0.05, 0.1) is 5.88 Å². The van der Waals surface area contributed by atoms with Crippen LogP contribution in [-0.2, 0) is 12.3 Å². The van der Waals surface area contributed by atoms with Crippen LogP contribution in [0.5, 0.6) is 5.75 Å². The van der Waals surface area contributed by atoms with Crippen molar-refractivity contribution in [2.24, 2.45) is 0 Å². The molecule has 3 nitrogen and oxygen atoms in total. The summed E-state index contributed by atoms with van der Waals surface area (Å²) in [5.74, 6) is 1.37. The molecule has 2 aromatic rings. The van der Waals surface area contributed by atoms with Crippen molar-refractivity contribution in [2.45, 2.75) is 18.4 Å². The first-order valence-corrected chi connectivity index (χ1v) is 6.34. The van der Waals surface area contributed by atoms with E-state index in [1.807, 2.05) is 18.2 Å². The minimum absolute atomic E-state index is 0.00636. The molecule has 0 radical (unpaired) electrons. The van der Waals surface area contributed by atoms with Crippen LogP contribution in [0.15, 0.2) is 24.3 Å². The molecular formula is C11H9ClN2OS. The Morgan fingerprint density at radius 1 is 1.38 bits per heavy atom. The van der Waals surface area contributed by atoms with Gasteiger partial charge in [-0.3, -0.25) is 0 Å². The summed E-state index contributed by atoms with van der Waals surface area (Å²) in [5.41, 5.74) is 1.23. The van der Waals surface area contributed by atoms with Crippen LogP contribution in [0.2, 0.25) is 0 Å². The maximum absolute atomic E-state index is 5.82. The largest absolute Gasteiger partial charge is 0.483 e. The molecule has 0 spiro atoms. The standard InChI is InChI=1S/C11H9ClN2OS/c12-6-10-13-14-11(16-10)9-5-7-3-1-2-4-8(7)15-9/h1-4,9H,5-6H2. The number of aromatic nitrogens is 2. The number of fused-ring (bicyclic) bond motifs is 1. The van der Waals surface area contributed by atoms with Gasteiger partial charge < -0.3 is 4.74 Å². The molecule has 1 unspecified atom stereocenters. The van der Waals surface area contributed by atoms with E-state index >= 15 is 0 Å². The lowest BCUT2D eigenvalue weighted by atomic mass is 10.1. The Kier molecular flexibility index (Phi) is 2.53. The maximum atomic E-state index is 5.82. The van der Waals surface area contributed by atoms with Gasteiger partial charge in [0.2, 0.25) is 0 Å². The third-order valence-electron chi connectivity index (χ3n) is 2.52. The average Bonchev–Trinajstić information content (AvgIpc) is 2.95. The second-order valence-electron chi connectivity index (χ2n) is 3.59. The van der Waals surface area contributed by atoms with Gasteiger partial charge in [0.15, 0.2) is 11.1 Å². The van der Waals surface area contributed by atoms with E-state index in [2.05, 4.69) is 16.3 Å². The highest BCUT2D eigenvalue weighted by Crippen LogP contribution is 2.37. The summed E-state index contributed by atoms with van der Waals surface area (Å²) in [4.78, 5) is 0. The van der Waals surface area contributed by atoms with Gasteiger partial charge in [-0.25, -0.2) is 0 Å². The molecule has 0 aliphatic carbocycles. The molecule has 5 heteroatoms. The van der Waals surface area contributed by atoms with Gasteiger partial charge in [0, 0.05) is 6.42 Å². The van der Waals surface area contributed by atoms with Crippen molar-refractivity contribution in [3.05, 3.63) is 39.8 Å². The van der Waals surface area contributed by atoms with E-state index < -0.39 is 0 Å². The van der Waals surface area contributed by atoms with Gasteiger partial charge in [0.25, 0.3) is 0 Å². The quantitative estimate of drug-likeness (QED) is 0.771. The highest BCUT2D eigenvalue weighted by atomic mass is 35.5. The summed E-state index contributed by atoms with van der Waals surface area (Å²) in [6.45, 7) is 0. The molecule has 0 N–H and O–H groups in total. The number of hydrogen-bond acceptors (Lipinski definition) is 4. The van der Waals surface area contributed by atoms with Crippen LogP contribution in [0.1, 0.15) is 21.7 Å². The average molecular weight is 253 g/mol. The summed E-state index contributed by atoms with van der Waals surface area (Å²) < 4.78 is 5.82. The molecule has 0 fully saturated rings. The Balaban J connectivity index is 1.85. The molecule has 0 bridgehead atoms. The molecule has 1 aromatic heterocycles. The van der Waals surface area contributed by atoms with Crippen molar-refractivity contribution >= 4 is 22.9 Å². The highest BCUT2D eigenvalue weighted by Gasteiger charge is 2.26.